The van der Waals surface area contributed by atoms with Crippen molar-refractivity contribution in [2.45, 2.75) is 11.4 Å². The molecule has 1 fully saturated rings. The first-order valence-corrected chi connectivity index (χ1v) is 10.9. The smallest absolute Gasteiger partial charge is 0.241 e. The molecule has 1 amide bonds. The van der Waals surface area contributed by atoms with Crippen LogP contribution in [0, 0.1) is 0 Å². The summed E-state index contributed by atoms with van der Waals surface area (Å²) in [5.41, 5.74) is 1.13. The van der Waals surface area contributed by atoms with Crippen LogP contribution in [0.1, 0.15) is 5.56 Å². The SMILES string of the molecule is O=C(CNS(=O)(=O)c1ccccc1)N1CCN(Cc2ccc3c(c2)OCO3)CC1. The number of nitrogens with zero attached hydrogens (tertiary/aromatic N) is 2. The molecular weight excluding hydrogens is 394 g/mol. The first-order chi connectivity index (χ1) is 14.0. The number of carbonyl (C=O) groups excluding carboxylic acids is 1. The molecule has 2 aromatic carbocycles. The normalized spacial score (nSPS) is 16.8. The molecule has 2 aliphatic heterocycles. The molecule has 4 rings (SSSR count). The zero-order valence-electron chi connectivity index (χ0n) is 15.9. The summed E-state index contributed by atoms with van der Waals surface area (Å²) >= 11 is 0. The summed E-state index contributed by atoms with van der Waals surface area (Å²) in [6, 6.07) is 14.0. The number of sulfonamides is 1. The van der Waals surface area contributed by atoms with E-state index in [9.17, 15) is 13.2 Å². The Balaban J connectivity index is 1.25. The summed E-state index contributed by atoms with van der Waals surface area (Å²) in [5, 5.41) is 0. The number of amides is 1. The molecule has 0 radical (unpaired) electrons. The molecule has 0 aliphatic carbocycles. The van der Waals surface area contributed by atoms with E-state index in [-0.39, 0.29) is 24.1 Å². The van der Waals surface area contributed by atoms with Crippen LogP contribution in [-0.2, 0) is 21.4 Å². The third-order valence-electron chi connectivity index (χ3n) is 5.04. The Morgan fingerprint density at radius 2 is 1.69 bits per heavy atom. The van der Waals surface area contributed by atoms with Gasteiger partial charge in [0.05, 0.1) is 11.4 Å². The van der Waals surface area contributed by atoms with Crippen LogP contribution < -0.4 is 14.2 Å². The van der Waals surface area contributed by atoms with E-state index >= 15 is 0 Å². The van der Waals surface area contributed by atoms with Gasteiger partial charge in [-0.2, -0.15) is 0 Å². The lowest BCUT2D eigenvalue weighted by Crippen LogP contribution is -2.50. The molecule has 9 heteroatoms. The highest BCUT2D eigenvalue weighted by molar-refractivity contribution is 7.89. The molecule has 154 valence electrons. The van der Waals surface area contributed by atoms with Crippen LogP contribution in [0.3, 0.4) is 0 Å². The van der Waals surface area contributed by atoms with Gasteiger partial charge in [0.25, 0.3) is 0 Å². The van der Waals surface area contributed by atoms with E-state index in [1.807, 2.05) is 18.2 Å². The average Bonchev–Trinajstić information content (AvgIpc) is 3.21. The molecule has 0 atom stereocenters. The molecule has 2 aliphatic rings. The maximum absolute atomic E-state index is 12.4. The van der Waals surface area contributed by atoms with Crippen molar-refractivity contribution in [2.75, 3.05) is 39.5 Å². The second kappa shape index (κ2) is 8.40. The lowest BCUT2D eigenvalue weighted by Gasteiger charge is -2.34. The first kappa shape index (κ1) is 19.7. The van der Waals surface area contributed by atoms with Gasteiger partial charge in [0.2, 0.25) is 22.7 Å². The molecule has 0 spiro atoms. The van der Waals surface area contributed by atoms with Gasteiger partial charge >= 0.3 is 0 Å². The van der Waals surface area contributed by atoms with Crippen molar-refractivity contribution in [3.8, 4) is 11.5 Å². The second-order valence-corrected chi connectivity index (χ2v) is 8.75. The lowest BCUT2D eigenvalue weighted by molar-refractivity contribution is -0.131. The van der Waals surface area contributed by atoms with Crippen molar-refractivity contribution in [3.63, 3.8) is 0 Å². The molecule has 1 N–H and O–H groups in total. The van der Waals surface area contributed by atoms with Crippen LogP contribution >= 0.6 is 0 Å². The monoisotopic (exact) mass is 417 g/mol. The summed E-state index contributed by atoms with van der Waals surface area (Å²) < 4.78 is 37.6. The summed E-state index contributed by atoms with van der Waals surface area (Å²) in [6.45, 7) is 3.37. The van der Waals surface area contributed by atoms with Crippen molar-refractivity contribution in [1.82, 2.24) is 14.5 Å². The number of hydrogen-bond acceptors (Lipinski definition) is 6. The van der Waals surface area contributed by atoms with Gasteiger partial charge in [-0.3, -0.25) is 9.69 Å². The first-order valence-electron chi connectivity index (χ1n) is 9.45. The molecule has 0 saturated carbocycles. The van der Waals surface area contributed by atoms with Crippen LogP contribution in [0.15, 0.2) is 53.4 Å². The zero-order chi connectivity index (χ0) is 20.3. The van der Waals surface area contributed by atoms with Crippen LogP contribution in [0.4, 0.5) is 0 Å². The fraction of sp³-hybridized carbons (Fsp3) is 0.350. The minimum atomic E-state index is -3.68. The summed E-state index contributed by atoms with van der Waals surface area (Å²) in [7, 11) is -3.68. The van der Waals surface area contributed by atoms with E-state index in [0.717, 1.165) is 36.7 Å². The Morgan fingerprint density at radius 3 is 2.45 bits per heavy atom. The predicted octanol–water partition coefficient (Wildman–Crippen LogP) is 1.04. The number of benzene rings is 2. The highest BCUT2D eigenvalue weighted by Crippen LogP contribution is 2.32. The molecule has 0 bridgehead atoms. The highest BCUT2D eigenvalue weighted by atomic mass is 32.2. The number of piperazine rings is 1. The third kappa shape index (κ3) is 4.69. The van der Waals surface area contributed by atoms with E-state index < -0.39 is 10.0 Å². The quantitative estimate of drug-likeness (QED) is 0.756. The van der Waals surface area contributed by atoms with Crippen LogP contribution in [0.5, 0.6) is 11.5 Å². The third-order valence-corrected chi connectivity index (χ3v) is 6.45. The minimum Gasteiger partial charge on any atom is -0.454 e. The van der Waals surface area contributed by atoms with Gasteiger partial charge in [-0.05, 0) is 29.8 Å². The fourth-order valence-electron chi connectivity index (χ4n) is 3.40. The molecule has 0 unspecified atom stereocenters. The topological polar surface area (TPSA) is 88.2 Å². The van der Waals surface area contributed by atoms with Crippen molar-refractivity contribution < 1.29 is 22.7 Å². The molecule has 2 heterocycles. The van der Waals surface area contributed by atoms with Crippen LogP contribution in [0.2, 0.25) is 0 Å². The molecular formula is C20H23N3O5S. The molecule has 29 heavy (non-hydrogen) atoms. The van der Waals surface area contributed by atoms with E-state index in [2.05, 4.69) is 9.62 Å². The Morgan fingerprint density at radius 1 is 0.966 bits per heavy atom. The zero-order valence-corrected chi connectivity index (χ0v) is 16.7. The Bertz CT molecular complexity index is 973. The van der Waals surface area contributed by atoms with E-state index in [0.29, 0.717) is 13.1 Å². The maximum Gasteiger partial charge on any atom is 0.241 e. The van der Waals surface area contributed by atoms with Gasteiger partial charge in [0.15, 0.2) is 11.5 Å². The maximum atomic E-state index is 12.4. The fourth-order valence-corrected chi connectivity index (χ4v) is 4.40. The number of rotatable bonds is 6. The van der Waals surface area contributed by atoms with E-state index in [1.54, 1.807) is 23.1 Å². The molecule has 1 saturated heterocycles. The second-order valence-electron chi connectivity index (χ2n) is 6.98. The Kier molecular flexibility index (Phi) is 5.70. The Labute approximate surface area is 170 Å². The number of nitrogens with one attached hydrogen (secondary N) is 1. The van der Waals surface area contributed by atoms with Gasteiger partial charge in [0, 0.05) is 32.7 Å². The molecule has 0 aromatic heterocycles. The van der Waals surface area contributed by atoms with E-state index in [1.165, 1.54) is 12.1 Å². The summed E-state index contributed by atoms with van der Waals surface area (Å²) in [4.78, 5) is 16.5. The number of ether oxygens (including phenoxy) is 2. The Hall–Kier alpha value is -2.62. The predicted molar refractivity (Wildman–Crippen MR) is 106 cm³/mol. The lowest BCUT2D eigenvalue weighted by atomic mass is 10.1. The van der Waals surface area contributed by atoms with Crippen molar-refractivity contribution >= 4 is 15.9 Å². The highest BCUT2D eigenvalue weighted by Gasteiger charge is 2.23. The van der Waals surface area contributed by atoms with E-state index in [4.69, 9.17) is 9.47 Å². The van der Waals surface area contributed by atoms with Gasteiger partial charge in [-0.1, -0.05) is 24.3 Å². The molecule has 2 aromatic rings. The molecule has 8 nitrogen and oxygen atoms in total. The minimum absolute atomic E-state index is 0.154. The van der Waals surface area contributed by atoms with Gasteiger partial charge in [-0.15, -0.1) is 0 Å². The van der Waals surface area contributed by atoms with Crippen LogP contribution in [0.25, 0.3) is 0 Å². The summed E-state index contributed by atoms with van der Waals surface area (Å²) in [5.74, 6) is 1.32. The van der Waals surface area contributed by atoms with Gasteiger partial charge in [-0.25, -0.2) is 13.1 Å². The van der Waals surface area contributed by atoms with Crippen molar-refractivity contribution in [3.05, 3.63) is 54.1 Å². The van der Waals surface area contributed by atoms with Crippen LogP contribution in [-0.4, -0.2) is 63.6 Å². The van der Waals surface area contributed by atoms with Gasteiger partial charge < -0.3 is 14.4 Å². The number of hydrogen-bond donors (Lipinski definition) is 1. The summed E-state index contributed by atoms with van der Waals surface area (Å²) in [6.07, 6.45) is 0. The number of fused-ring (bicyclic) bond motifs is 1. The standard InChI is InChI=1S/C20H23N3O5S/c24-20(13-21-29(25,26)17-4-2-1-3-5-17)23-10-8-22(9-11-23)14-16-6-7-18-19(12-16)28-15-27-18/h1-7,12,21H,8-11,13-15H2. The van der Waals surface area contributed by atoms with Crippen molar-refractivity contribution in [2.24, 2.45) is 0 Å². The largest absolute Gasteiger partial charge is 0.454 e. The van der Waals surface area contributed by atoms with Gasteiger partial charge in [0.1, 0.15) is 0 Å². The number of carbonyl (C=O) groups is 1. The average molecular weight is 417 g/mol. The van der Waals surface area contributed by atoms with Crippen molar-refractivity contribution in [1.29, 1.82) is 0 Å².